The topological polar surface area (TPSA) is 84.3 Å². The van der Waals surface area contributed by atoms with Crippen molar-refractivity contribution >= 4 is 17.4 Å². The quantitative estimate of drug-likeness (QED) is 0.642. The van der Waals surface area contributed by atoms with Crippen molar-refractivity contribution in [1.82, 2.24) is 5.32 Å². The number of anilines is 1. The summed E-state index contributed by atoms with van der Waals surface area (Å²) in [6.07, 6.45) is 1.61. The summed E-state index contributed by atoms with van der Waals surface area (Å²) in [4.78, 5) is 21.1. The van der Waals surface area contributed by atoms with Crippen LogP contribution in [0.25, 0.3) is 0 Å². The number of nitrogens with zero attached hydrogens (tertiary/aromatic N) is 1. The highest BCUT2D eigenvalue weighted by atomic mass is 19.2. The largest absolute Gasteiger partial charge is 0.335 e. The van der Waals surface area contributed by atoms with Crippen LogP contribution >= 0.6 is 0 Å². The Morgan fingerprint density at radius 1 is 1.39 bits per heavy atom. The van der Waals surface area contributed by atoms with E-state index in [0.717, 1.165) is 18.9 Å². The third-order valence-corrected chi connectivity index (χ3v) is 2.42. The molecule has 1 fully saturated rings. The molecule has 1 aromatic rings. The van der Waals surface area contributed by atoms with E-state index in [1.165, 1.54) is 0 Å². The maximum atomic E-state index is 13.4. The van der Waals surface area contributed by atoms with Crippen molar-refractivity contribution in [2.24, 2.45) is 0 Å². The summed E-state index contributed by atoms with van der Waals surface area (Å²) < 4.78 is 26.4. The van der Waals surface area contributed by atoms with Crippen LogP contribution in [-0.2, 0) is 0 Å². The molecule has 2 rings (SSSR count). The van der Waals surface area contributed by atoms with Crippen molar-refractivity contribution in [1.29, 1.82) is 0 Å². The number of nitro benzene ring substituents is 1. The summed E-state index contributed by atoms with van der Waals surface area (Å²) in [5, 5.41) is 15.1. The first kappa shape index (κ1) is 12.2. The van der Waals surface area contributed by atoms with E-state index in [1.54, 1.807) is 0 Å². The van der Waals surface area contributed by atoms with Gasteiger partial charge in [-0.1, -0.05) is 0 Å². The van der Waals surface area contributed by atoms with Crippen LogP contribution in [0, 0.1) is 21.7 Å². The van der Waals surface area contributed by atoms with E-state index in [9.17, 15) is 23.7 Å². The first-order valence-electron chi connectivity index (χ1n) is 5.19. The molecule has 0 bridgehead atoms. The fourth-order valence-electron chi connectivity index (χ4n) is 1.37. The van der Waals surface area contributed by atoms with Crippen molar-refractivity contribution in [3.63, 3.8) is 0 Å². The van der Waals surface area contributed by atoms with E-state index in [1.807, 2.05) is 5.32 Å². The fourth-order valence-corrected chi connectivity index (χ4v) is 1.37. The van der Waals surface area contributed by atoms with Crippen LogP contribution in [0.5, 0.6) is 0 Å². The normalized spacial score (nSPS) is 14.1. The van der Waals surface area contributed by atoms with Crippen LogP contribution in [0.4, 0.5) is 25.0 Å². The Balaban J connectivity index is 2.25. The molecule has 0 aliphatic heterocycles. The Labute approximate surface area is 100 Å². The predicted molar refractivity (Wildman–Crippen MR) is 58.2 cm³/mol. The highest BCUT2D eigenvalue weighted by molar-refractivity contribution is 5.92. The van der Waals surface area contributed by atoms with Gasteiger partial charge in [-0.2, -0.15) is 0 Å². The highest BCUT2D eigenvalue weighted by Crippen LogP contribution is 2.29. The molecule has 2 amide bonds. The molecule has 0 unspecified atom stereocenters. The third kappa shape index (κ3) is 2.53. The third-order valence-electron chi connectivity index (χ3n) is 2.42. The van der Waals surface area contributed by atoms with Gasteiger partial charge in [0.05, 0.1) is 4.92 Å². The second kappa shape index (κ2) is 4.55. The number of benzene rings is 1. The molecule has 2 N–H and O–H groups in total. The van der Waals surface area contributed by atoms with Crippen molar-refractivity contribution in [3.05, 3.63) is 33.9 Å². The van der Waals surface area contributed by atoms with E-state index < -0.39 is 34.0 Å². The van der Waals surface area contributed by atoms with E-state index >= 15 is 0 Å². The average Bonchev–Trinajstić information content (AvgIpc) is 3.08. The van der Waals surface area contributed by atoms with Crippen LogP contribution < -0.4 is 10.6 Å². The number of halogens is 2. The van der Waals surface area contributed by atoms with Crippen LogP contribution in [0.15, 0.2) is 12.1 Å². The number of hydrogen-bond donors (Lipinski definition) is 2. The molecule has 1 aliphatic rings. The van der Waals surface area contributed by atoms with Gasteiger partial charge in [0.25, 0.3) is 5.69 Å². The van der Waals surface area contributed by atoms with Crippen LogP contribution in [0.3, 0.4) is 0 Å². The molecule has 0 heterocycles. The molecule has 0 atom stereocenters. The SMILES string of the molecule is O=C(Nc1c([N+](=O)[O-])ccc(F)c1F)NC1CC1. The Bertz CT molecular complexity index is 517. The Morgan fingerprint density at radius 2 is 2.06 bits per heavy atom. The number of amides is 2. The van der Waals surface area contributed by atoms with Crippen molar-refractivity contribution in [2.75, 3.05) is 5.32 Å². The lowest BCUT2D eigenvalue weighted by Crippen LogP contribution is -2.31. The standard InChI is InChI=1S/C10H9F2N3O3/c11-6-3-4-7(15(17)18)9(8(6)12)14-10(16)13-5-1-2-5/h3-5H,1-2H2,(H2,13,14,16). The average molecular weight is 257 g/mol. The number of hydrogen-bond acceptors (Lipinski definition) is 3. The summed E-state index contributed by atoms with van der Waals surface area (Å²) in [7, 11) is 0. The Morgan fingerprint density at radius 3 is 2.61 bits per heavy atom. The molecular weight excluding hydrogens is 248 g/mol. The summed E-state index contributed by atoms with van der Waals surface area (Å²) in [6.45, 7) is 0. The van der Waals surface area contributed by atoms with Gasteiger partial charge in [0.15, 0.2) is 17.3 Å². The lowest BCUT2D eigenvalue weighted by atomic mass is 10.2. The summed E-state index contributed by atoms with van der Waals surface area (Å²) in [5.74, 6) is -2.71. The number of urea groups is 1. The smallest absolute Gasteiger partial charge is 0.319 e. The van der Waals surface area contributed by atoms with Gasteiger partial charge in [-0.05, 0) is 18.9 Å². The van der Waals surface area contributed by atoms with E-state index in [-0.39, 0.29) is 6.04 Å². The van der Waals surface area contributed by atoms with Gasteiger partial charge in [0.2, 0.25) is 0 Å². The van der Waals surface area contributed by atoms with Gasteiger partial charge >= 0.3 is 6.03 Å². The molecule has 0 spiro atoms. The maximum absolute atomic E-state index is 13.4. The molecule has 1 aliphatic carbocycles. The zero-order valence-electron chi connectivity index (χ0n) is 9.07. The van der Waals surface area contributed by atoms with Gasteiger partial charge < -0.3 is 5.32 Å². The number of rotatable bonds is 3. The minimum Gasteiger partial charge on any atom is -0.335 e. The zero-order valence-corrected chi connectivity index (χ0v) is 9.07. The van der Waals surface area contributed by atoms with E-state index in [2.05, 4.69) is 5.32 Å². The number of carbonyl (C=O) groups is 1. The maximum Gasteiger partial charge on any atom is 0.319 e. The molecule has 0 radical (unpaired) electrons. The van der Waals surface area contributed by atoms with Gasteiger partial charge in [-0.3, -0.25) is 15.4 Å². The van der Waals surface area contributed by atoms with Crippen molar-refractivity contribution in [2.45, 2.75) is 18.9 Å². The molecular formula is C10H9F2N3O3. The molecule has 6 nitrogen and oxygen atoms in total. The highest BCUT2D eigenvalue weighted by Gasteiger charge is 2.27. The van der Waals surface area contributed by atoms with E-state index in [4.69, 9.17) is 0 Å². The molecule has 0 saturated heterocycles. The molecule has 1 saturated carbocycles. The monoisotopic (exact) mass is 257 g/mol. The predicted octanol–water partition coefficient (Wildman–Crippen LogP) is 2.16. The van der Waals surface area contributed by atoms with Gasteiger partial charge in [0, 0.05) is 12.1 Å². The van der Waals surface area contributed by atoms with E-state index in [0.29, 0.717) is 6.07 Å². The van der Waals surface area contributed by atoms with Gasteiger partial charge in [-0.15, -0.1) is 0 Å². The zero-order chi connectivity index (χ0) is 13.3. The Hall–Kier alpha value is -2.25. The summed E-state index contributed by atoms with van der Waals surface area (Å²) in [5.41, 5.74) is -1.46. The minimum absolute atomic E-state index is 0.000626. The first-order valence-corrected chi connectivity index (χ1v) is 5.19. The Kier molecular flexibility index (Phi) is 3.09. The number of carbonyl (C=O) groups excluding carboxylic acids is 1. The second-order valence-electron chi connectivity index (χ2n) is 3.89. The fraction of sp³-hybridized carbons (Fsp3) is 0.300. The van der Waals surface area contributed by atoms with Crippen LogP contribution in [-0.4, -0.2) is 17.0 Å². The lowest BCUT2D eigenvalue weighted by Gasteiger charge is -2.08. The first-order chi connectivity index (χ1) is 8.49. The summed E-state index contributed by atoms with van der Waals surface area (Å²) in [6, 6.07) is 0.647. The molecule has 0 aromatic heterocycles. The summed E-state index contributed by atoms with van der Waals surface area (Å²) >= 11 is 0. The van der Waals surface area contributed by atoms with Gasteiger partial charge in [-0.25, -0.2) is 13.6 Å². The molecule has 8 heteroatoms. The van der Waals surface area contributed by atoms with Crippen molar-refractivity contribution < 1.29 is 18.5 Å². The second-order valence-corrected chi connectivity index (χ2v) is 3.89. The molecule has 18 heavy (non-hydrogen) atoms. The molecule has 1 aromatic carbocycles. The van der Waals surface area contributed by atoms with Crippen LogP contribution in [0.2, 0.25) is 0 Å². The lowest BCUT2D eigenvalue weighted by molar-refractivity contribution is -0.384. The minimum atomic E-state index is -1.45. The number of nitrogens with one attached hydrogen (secondary N) is 2. The van der Waals surface area contributed by atoms with Crippen molar-refractivity contribution in [3.8, 4) is 0 Å². The number of nitro groups is 1. The van der Waals surface area contributed by atoms with Crippen LogP contribution in [0.1, 0.15) is 12.8 Å². The molecule has 96 valence electrons. The van der Waals surface area contributed by atoms with Gasteiger partial charge in [0.1, 0.15) is 0 Å².